The lowest BCUT2D eigenvalue weighted by molar-refractivity contribution is -0.384. The molecule has 0 saturated heterocycles. The monoisotopic (exact) mass is 273 g/mol. The summed E-state index contributed by atoms with van der Waals surface area (Å²) in [6.45, 7) is 0. The van der Waals surface area contributed by atoms with Crippen LogP contribution in [-0.4, -0.2) is 14.3 Å². The third kappa shape index (κ3) is 2.04. The molecule has 0 atom stereocenters. The van der Waals surface area contributed by atoms with E-state index >= 15 is 0 Å². The number of halogens is 1. The summed E-state index contributed by atoms with van der Waals surface area (Å²) in [7, 11) is 0. The van der Waals surface area contributed by atoms with Crippen molar-refractivity contribution in [2.24, 2.45) is 0 Å². The van der Waals surface area contributed by atoms with E-state index in [1.165, 1.54) is 12.1 Å². The van der Waals surface area contributed by atoms with Gasteiger partial charge >= 0.3 is 0 Å². The molecular weight excluding hydrogens is 266 g/mol. The number of non-ortho nitro benzene ring substituents is 1. The zero-order chi connectivity index (χ0) is 13.4. The molecule has 0 spiro atoms. The molecular formula is C13H8ClN3O2. The summed E-state index contributed by atoms with van der Waals surface area (Å²) in [6, 6.07) is 11.7. The second kappa shape index (κ2) is 4.37. The minimum absolute atomic E-state index is 0.0607. The minimum atomic E-state index is -0.426. The summed E-state index contributed by atoms with van der Waals surface area (Å²) in [5.41, 5.74) is 2.33. The number of rotatable bonds is 2. The topological polar surface area (TPSA) is 60.4 Å². The lowest BCUT2D eigenvalue weighted by Gasteiger charge is -1.95. The number of nitrogens with zero attached hydrogens (tertiary/aromatic N) is 3. The molecule has 3 rings (SSSR count). The fraction of sp³-hybridized carbons (Fsp3) is 0. The predicted octanol–water partition coefficient (Wildman–Crippen LogP) is 3.56. The van der Waals surface area contributed by atoms with Crippen LogP contribution in [0.4, 0.5) is 5.69 Å². The molecule has 2 heterocycles. The van der Waals surface area contributed by atoms with Crippen LogP contribution in [0.1, 0.15) is 0 Å². The van der Waals surface area contributed by atoms with Crippen molar-refractivity contribution in [1.82, 2.24) is 9.38 Å². The normalized spacial score (nSPS) is 10.8. The number of aromatic nitrogens is 2. The Hall–Kier alpha value is -2.40. The van der Waals surface area contributed by atoms with Gasteiger partial charge in [0.25, 0.3) is 5.69 Å². The number of hydrogen-bond donors (Lipinski definition) is 0. The summed E-state index contributed by atoms with van der Waals surface area (Å²) in [6.07, 6.45) is 1.80. The minimum Gasteiger partial charge on any atom is -0.290 e. The fourth-order valence-electron chi connectivity index (χ4n) is 1.87. The number of imidazole rings is 1. The summed E-state index contributed by atoms with van der Waals surface area (Å²) < 4.78 is 1.76. The number of nitro groups is 1. The SMILES string of the molecule is O=[N+]([O-])c1ccc(-c2cn3c(Cl)cccc3n2)cc1. The van der Waals surface area contributed by atoms with Crippen molar-refractivity contribution in [2.75, 3.05) is 0 Å². The Labute approximate surface area is 113 Å². The number of pyridine rings is 1. The van der Waals surface area contributed by atoms with Gasteiger partial charge < -0.3 is 0 Å². The average Bonchev–Trinajstić information content (AvgIpc) is 2.84. The lowest BCUT2D eigenvalue weighted by Crippen LogP contribution is -1.87. The quantitative estimate of drug-likeness (QED) is 0.407. The molecule has 6 heteroatoms. The maximum atomic E-state index is 10.6. The smallest absolute Gasteiger partial charge is 0.269 e. The molecule has 2 aromatic heterocycles. The number of nitro benzene ring substituents is 1. The largest absolute Gasteiger partial charge is 0.290 e. The van der Waals surface area contributed by atoms with Crippen molar-refractivity contribution in [3.05, 3.63) is 63.9 Å². The molecule has 0 aliphatic carbocycles. The number of hydrogen-bond acceptors (Lipinski definition) is 3. The fourth-order valence-corrected chi connectivity index (χ4v) is 2.08. The number of fused-ring (bicyclic) bond motifs is 1. The van der Waals surface area contributed by atoms with Crippen LogP contribution in [0.25, 0.3) is 16.9 Å². The van der Waals surface area contributed by atoms with Gasteiger partial charge in [0, 0.05) is 23.9 Å². The van der Waals surface area contributed by atoms with Crippen molar-refractivity contribution in [2.45, 2.75) is 0 Å². The van der Waals surface area contributed by atoms with E-state index in [4.69, 9.17) is 11.6 Å². The molecule has 0 bridgehead atoms. The Kier molecular flexibility index (Phi) is 2.68. The third-order valence-electron chi connectivity index (χ3n) is 2.82. The summed E-state index contributed by atoms with van der Waals surface area (Å²) in [5, 5.41) is 11.2. The van der Waals surface area contributed by atoms with Gasteiger partial charge in [-0.25, -0.2) is 4.98 Å². The van der Waals surface area contributed by atoms with Crippen LogP contribution in [0.2, 0.25) is 5.15 Å². The molecule has 0 aliphatic rings. The van der Waals surface area contributed by atoms with Crippen LogP contribution in [0, 0.1) is 10.1 Å². The Morgan fingerprint density at radius 2 is 1.89 bits per heavy atom. The van der Waals surface area contributed by atoms with Gasteiger partial charge in [0.15, 0.2) is 0 Å². The van der Waals surface area contributed by atoms with Crippen LogP contribution >= 0.6 is 11.6 Å². The highest BCUT2D eigenvalue weighted by atomic mass is 35.5. The summed E-state index contributed by atoms with van der Waals surface area (Å²) in [5.74, 6) is 0. The summed E-state index contributed by atoms with van der Waals surface area (Å²) >= 11 is 6.06. The first-order valence-electron chi connectivity index (χ1n) is 5.53. The molecule has 0 fully saturated rings. The highest BCUT2D eigenvalue weighted by Gasteiger charge is 2.08. The zero-order valence-electron chi connectivity index (χ0n) is 9.65. The molecule has 19 heavy (non-hydrogen) atoms. The van der Waals surface area contributed by atoms with Crippen molar-refractivity contribution in [3.8, 4) is 11.3 Å². The molecule has 0 radical (unpaired) electrons. The van der Waals surface area contributed by atoms with Crippen LogP contribution in [0.5, 0.6) is 0 Å². The lowest BCUT2D eigenvalue weighted by atomic mass is 10.1. The van der Waals surface area contributed by atoms with Crippen molar-refractivity contribution in [3.63, 3.8) is 0 Å². The molecule has 5 nitrogen and oxygen atoms in total. The Morgan fingerprint density at radius 3 is 2.53 bits per heavy atom. The molecule has 1 aromatic carbocycles. The summed E-state index contributed by atoms with van der Waals surface area (Å²) in [4.78, 5) is 14.6. The van der Waals surface area contributed by atoms with E-state index in [9.17, 15) is 10.1 Å². The van der Waals surface area contributed by atoms with E-state index in [1.807, 2.05) is 12.1 Å². The van der Waals surface area contributed by atoms with E-state index < -0.39 is 4.92 Å². The Balaban J connectivity index is 2.09. The molecule has 94 valence electrons. The van der Waals surface area contributed by atoms with E-state index in [2.05, 4.69) is 4.98 Å². The van der Waals surface area contributed by atoms with Gasteiger partial charge in [-0.15, -0.1) is 0 Å². The van der Waals surface area contributed by atoms with E-state index in [1.54, 1.807) is 28.8 Å². The molecule has 3 aromatic rings. The van der Waals surface area contributed by atoms with E-state index in [-0.39, 0.29) is 5.69 Å². The Morgan fingerprint density at radius 1 is 1.16 bits per heavy atom. The molecule has 0 saturated carbocycles. The van der Waals surface area contributed by atoms with Gasteiger partial charge in [-0.2, -0.15) is 0 Å². The average molecular weight is 274 g/mol. The molecule has 0 unspecified atom stereocenters. The van der Waals surface area contributed by atoms with Crippen molar-refractivity contribution in [1.29, 1.82) is 0 Å². The van der Waals surface area contributed by atoms with Crippen molar-refractivity contribution < 1.29 is 4.92 Å². The van der Waals surface area contributed by atoms with Gasteiger partial charge in [0.2, 0.25) is 0 Å². The van der Waals surface area contributed by atoms with Crippen LogP contribution < -0.4 is 0 Å². The highest BCUT2D eigenvalue weighted by Crippen LogP contribution is 2.23. The van der Waals surface area contributed by atoms with Crippen LogP contribution in [0.3, 0.4) is 0 Å². The zero-order valence-corrected chi connectivity index (χ0v) is 10.4. The van der Waals surface area contributed by atoms with Crippen molar-refractivity contribution >= 4 is 22.9 Å². The molecule has 0 N–H and O–H groups in total. The predicted molar refractivity (Wildman–Crippen MR) is 72.3 cm³/mol. The van der Waals surface area contributed by atoms with Gasteiger partial charge in [0.05, 0.1) is 10.6 Å². The van der Waals surface area contributed by atoms with Crippen LogP contribution in [-0.2, 0) is 0 Å². The van der Waals surface area contributed by atoms with Crippen LogP contribution in [0.15, 0.2) is 48.7 Å². The van der Waals surface area contributed by atoms with Gasteiger partial charge in [0.1, 0.15) is 10.8 Å². The second-order valence-corrected chi connectivity index (χ2v) is 4.39. The van der Waals surface area contributed by atoms with Gasteiger partial charge in [-0.05, 0) is 24.3 Å². The molecule has 0 aliphatic heterocycles. The highest BCUT2D eigenvalue weighted by molar-refractivity contribution is 6.29. The van der Waals surface area contributed by atoms with Gasteiger partial charge in [-0.1, -0.05) is 17.7 Å². The maximum Gasteiger partial charge on any atom is 0.269 e. The maximum absolute atomic E-state index is 10.6. The second-order valence-electron chi connectivity index (χ2n) is 4.01. The first kappa shape index (κ1) is 11.7. The standard InChI is InChI=1S/C13H8ClN3O2/c14-12-2-1-3-13-15-11(8-16(12)13)9-4-6-10(7-5-9)17(18)19/h1-8H. The molecule has 0 amide bonds. The Bertz CT molecular complexity index is 765. The van der Waals surface area contributed by atoms with Gasteiger partial charge in [-0.3, -0.25) is 14.5 Å². The third-order valence-corrected chi connectivity index (χ3v) is 3.12. The van der Waals surface area contributed by atoms with E-state index in [0.717, 1.165) is 16.9 Å². The first-order valence-corrected chi connectivity index (χ1v) is 5.91. The first-order chi connectivity index (χ1) is 9.15. The van der Waals surface area contributed by atoms with E-state index in [0.29, 0.717) is 5.15 Å². The number of benzene rings is 1.